The van der Waals surface area contributed by atoms with E-state index in [0.717, 1.165) is 5.82 Å². The van der Waals surface area contributed by atoms with Crippen LogP contribution in [-0.4, -0.2) is 30.0 Å². The van der Waals surface area contributed by atoms with Crippen LogP contribution in [0, 0.1) is 0 Å². The molecule has 2 aromatic rings. The maximum atomic E-state index is 5.58. The SMILES string of the molecule is Cn1cnnc1CNc1nnccc1C(N)=S. The maximum absolute atomic E-state index is 5.58. The average molecular weight is 249 g/mol. The highest BCUT2D eigenvalue weighted by Gasteiger charge is 2.07. The predicted octanol–water partition coefficient (Wildman–Crippen LogP) is -0.149. The quantitative estimate of drug-likeness (QED) is 0.728. The van der Waals surface area contributed by atoms with E-state index in [9.17, 15) is 0 Å². The molecule has 17 heavy (non-hydrogen) atoms. The van der Waals surface area contributed by atoms with E-state index >= 15 is 0 Å². The van der Waals surface area contributed by atoms with E-state index in [1.165, 1.54) is 0 Å². The van der Waals surface area contributed by atoms with Crippen molar-refractivity contribution < 1.29 is 0 Å². The summed E-state index contributed by atoms with van der Waals surface area (Å²) in [5.41, 5.74) is 6.25. The molecule has 88 valence electrons. The highest BCUT2D eigenvalue weighted by Crippen LogP contribution is 2.10. The van der Waals surface area contributed by atoms with Crippen molar-refractivity contribution in [2.24, 2.45) is 12.8 Å². The Morgan fingerprint density at radius 2 is 2.29 bits per heavy atom. The van der Waals surface area contributed by atoms with Gasteiger partial charge in [0.1, 0.15) is 11.3 Å². The highest BCUT2D eigenvalue weighted by molar-refractivity contribution is 7.80. The molecule has 2 rings (SSSR count). The number of rotatable bonds is 4. The molecule has 8 heteroatoms. The first kappa shape index (κ1) is 11.4. The van der Waals surface area contributed by atoms with E-state index in [0.29, 0.717) is 17.9 Å². The summed E-state index contributed by atoms with van der Waals surface area (Å²) >= 11 is 4.93. The van der Waals surface area contributed by atoms with Gasteiger partial charge in [0.2, 0.25) is 0 Å². The van der Waals surface area contributed by atoms with E-state index in [2.05, 4.69) is 25.7 Å². The molecule has 0 aromatic carbocycles. The number of nitrogens with one attached hydrogen (secondary N) is 1. The van der Waals surface area contributed by atoms with Crippen molar-refractivity contribution in [2.75, 3.05) is 5.32 Å². The van der Waals surface area contributed by atoms with Gasteiger partial charge in [-0.15, -0.1) is 15.3 Å². The standard InChI is InChI=1S/C9H11N7S/c1-16-5-13-14-7(16)4-11-9-6(8(10)17)2-3-12-15-9/h2-3,5H,4H2,1H3,(H2,10,17)(H,11,15). The van der Waals surface area contributed by atoms with Crippen molar-refractivity contribution in [3.05, 3.63) is 30.0 Å². The van der Waals surface area contributed by atoms with Crippen LogP contribution in [0.4, 0.5) is 5.82 Å². The molecule has 0 unspecified atom stereocenters. The van der Waals surface area contributed by atoms with Crippen molar-refractivity contribution in [3.63, 3.8) is 0 Å². The van der Waals surface area contributed by atoms with Crippen LogP contribution in [0.5, 0.6) is 0 Å². The average Bonchev–Trinajstić information content (AvgIpc) is 2.72. The first-order valence-corrected chi connectivity index (χ1v) is 5.27. The molecule has 0 amide bonds. The van der Waals surface area contributed by atoms with E-state index in [1.807, 2.05) is 11.6 Å². The Morgan fingerprint density at radius 3 is 2.94 bits per heavy atom. The lowest BCUT2D eigenvalue weighted by atomic mass is 10.3. The Kier molecular flexibility index (Phi) is 3.24. The Labute approximate surface area is 103 Å². The number of nitrogens with two attached hydrogens (primary N) is 1. The molecule has 2 heterocycles. The van der Waals surface area contributed by atoms with E-state index in [-0.39, 0.29) is 4.99 Å². The molecule has 0 aliphatic heterocycles. The lowest BCUT2D eigenvalue weighted by Gasteiger charge is -2.08. The van der Waals surface area contributed by atoms with Crippen molar-refractivity contribution >= 4 is 23.0 Å². The number of hydrogen-bond acceptors (Lipinski definition) is 6. The molecule has 0 aliphatic carbocycles. The van der Waals surface area contributed by atoms with Crippen molar-refractivity contribution in [3.8, 4) is 0 Å². The number of nitrogens with zero attached hydrogens (tertiary/aromatic N) is 5. The third kappa shape index (κ3) is 2.53. The van der Waals surface area contributed by atoms with E-state index in [4.69, 9.17) is 18.0 Å². The molecule has 0 fully saturated rings. The van der Waals surface area contributed by atoms with Crippen LogP contribution in [0.1, 0.15) is 11.4 Å². The van der Waals surface area contributed by atoms with Crippen LogP contribution in [0.2, 0.25) is 0 Å². The van der Waals surface area contributed by atoms with Gasteiger partial charge in [-0.2, -0.15) is 5.10 Å². The summed E-state index contributed by atoms with van der Waals surface area (Å²) in [6.45, 7) is 0.477. The van der Waals surface area contributed by atoms with Gasteiger partial charge in [-0.25, -0.2) is 0 Å². The zero-order valence-electron chi connectivity index (χ0n) is 9.16. The molecule has 0 bridgehead atoms. The summed E-state index contributed by atoms with van der Waals surface area (Å²) in [6.07, 6.45) is 3.17. The molecule has 0 saturated heterocycles. The topological polar surface area (TPSA) is 94.5 Å². The second-order valence-electron chi connectivity index (χ2n) is 3.37. The van der Waals surface area contributed by atoms with Gasteiger partial charge in [0.25, 0.3) is 0 Å². The van der Waals surface area contributed by atoms with E-state index in [1.54, 1.807) is 18.6 Å². The van der Waals surface area contributed by atoms with Gasteiger partial charge in [-0.3, -0.25) is 0 Å². The van der Waals surface area contributed by atoms with Gasteiger partial charge < -0.3 is 15.6 Å². The summed E-state index contributed by atoms with van der Waals surface area (Å²) < 4.78 is 1.81. The minimum Gasteiger partial charge on any atom is -0.389 e. The smallest absolute Gasteiger partial charge is 0.159 e. The second kappa shape index (κ2) is 4.83. The number of anilines is 1. The van der Waals surface area contributed by atoms with Gasteiger partial charge in [-0.05, 0) is 6.07 Å². The largest absolute Gasteiger partial charge is 0.389 e. The second-order valence-corrected chi connectivity index (χ2v) is 3.81. The summed E-state index contributed by atoms with van der Waals surface area (Å²) in [5.74, 6) is 1.33. The molecule has 0 radical (unpaired) electrons. The summed E-state index contributed by atoms with van der Waals surface area (Å²) in [4.78, 5) is 0.278. The van der Waals surface area contributed by atoms with Crippen LogP contribution >= 0.6 is 12.2 Å². The Morgan fingerprint density at radius 1 is 1.47 bits per heavy atom. The molecule has 0 atom stereocenters. The van der Waals surface area contributed by atoms with Gasteiger partial charge >= 0.3 is 0 Å². The van der Waals surface area contributed by atoms with Gasteiger partial charge in [0.15, 0.2) is 11.6 Å². The van der Waals surface area contributed by atoms with Crippen molar-refractivity contribution in [2.45, 2.75) is 6.54 Å². The summed E-state index contributed by atoms with van der Waals surface area (Å²) in [5, 5.41) is 18.5. The van der Waals surface area contributed by atoms with Gasteiger partial charge in [-0.1, -0.05) is 12.2 Å². The molecule has 0 spiro atoms. The molecular formula is C9H11N7S. The van der Waals surface area contributed by atoms with Gasteiger partial charge in [0, 0.05) is 7.05 Å². The molecule has 0 aliphatic rings. The molecular weight excluding hydrogens is 238 g/mol. The number of aromatic nitrogens is 5. The predicted molar refractivity (Wildman–Crippen MR) is 66.2 cm³/mol. The van der Waals surface area contributed by atoms with Crippen LogP contribution in [0.15, 0.2) is 18.6 Å². The molecule has 2 aromatic heterocycles. The zero-order valence-corrected chi connectivity index (χ0v) is 9.98. The Hall–Kier alpha value is -2.09. The fraction of sp³-hybridized carbons (Fsp3) is 0.222. The number of hydrogen-bond donors (Lipinski definition) is 2. The minimum absolute atomic E-state index is 0.278. The van der Waals surface area contributed by atoms with Crippen molar-refractivity contribution in [1.82, 2.24) is 25.0 Å². The third-order valence-corrected chi connectivity index (χ3v) is 2.43. The summed E-state index contributed by atoms with van der Waals surface area (Å²) in [6, 6.07) is 1.72. The first-order chi connectivity index (χ1) is 8.18. The Balaban J connectivity index is 2.14. The van der Waals surface area contributed by atoms with Gasteiger partial charge in [0.05, 0.1) is 18.3 Å². The van der Waals surface area contributed by atoms with Crippen molar-refractivity contribution in [1.29, 1.82) is 0 Å². The number of aryl methyl sites for hydroxylation is 1. The lowest BCUT2D eigenvalue weighted by molar-refractivity contribution is 0.807. The first-order valence-electron chi connectivity index (χ1n) is 4.86. The molecule has 3 N–H and O–H groups in total. The highest BCUT2D eigenvalue weighted by atomic mass is 32.1. The van der Waals surface area contributed by atoms with Crippen LogP contribution < -0.4 is 11.1 Å². The fourth-order valence-corrected chi connectivity index (χ4v) is 1.46. The van der Waals surface area contributed by atoms with E-state index < -0.39 is 0 Å². The minimum atomic E-state index is 0.278. The molecule has 0 saturated carbocycles. The zero-order chi connectivity index (χ0) is 12.3. The van der Waals surface area contributed by atoms with Crippen LogP contribution in [0.25, 0.3) is 0 Å². The van der Waals surface area contributed by atoms with Crippen LogP contribution in [-0.2, 0) is 13.6 Å². The molecule has 7 nitrogen and oxygen atoms in total. The lowest BCUT2D eigenvalue weighted by Crippen LogP contribution is -2.15. The van der Waals surface area contributed by atoms with Crippen LogP contribution in [0.3, 0.4) is 0 Å². The fourth-order valence-electron chi connectivity index (χ4n) is 1.29. The normalized spacial score (nSPS) is 10.2. The maximum Gasteiger partial charge on any atom is 0.159 e. The number of thiocarbonyl (C=S) groups is 1. The summed E-state index contributed by atoms with van der Waals surface area (Å²) in [7, 11) is 1.86. The monoisotopic (exact) mass is 249 g/mol. The third-order valence-electron chi connectivity index (χ3n) is 2.21. The Bertz CT molecular complexity index is 536.